The monoisotopic (exact) mass is 287 g/mol. The maximum absolute atomic E-state index is 12.2. The highest BCUT2D eigenvalue weighted by Gasteiger charge is 2.15. The van der Waals surface area contributed by atoms with E-state index in [1.807, 2.05) is 30.3 Å². The Hall–Kier alpha value is -1.45. The minimum atomic E-state index is 0.279. The van der Waals surface area contributed by atoms with Crippen LogP contribution in [0.3, 0.4) is 0 Å². The van der Waals surface area contributed by atoms with Crippen molar-refractivity contribution in [1.29, 1.82) is 0 Å². The van der Waals surface area contributed by atoms with Crippen LogP contribution >= 0.6 is 11.3 Å². The van der Waals surface area contributed by atoms with Gasteiger partial charge in [0.05, 0.1) is 6.54 Å². The van der Waals surface area contributed by atoms with E-state index in [4.69, 9.17) is 0 Å². The van der Waals surface area contributed by atoms with Crippen LogP contribution in [0.25, 0.3) is 0 Å². The van der Waals surface area contributed by atoms with Gasteiger partial charge in [0, 0.05) is 23.9 Å². The molecule has 106 valence electrons. The first kappa shape index (κ1) is 14.9. The summed E-state index contributed by atoms with van der Waals surface area (Å²) in [4.78, 5) is 15.8. The van der Waals surface area contributed by atoms with Gasteiger partial charge in [-0.15, -0.1) is 11.3 Å². The number of hydrogen-bond acceptors (Lipinski definition) is 3. The van der Waals surface area contributed by atoms with E-state index in [0.29, 0.717) is 19.0 Å². The van der Waals surface area contributed by atoms with Crippen LogP contribution in [0.1, 0.15) is 24.3 Å². The van der Waals surface area contributed by atoms with Crippen molar-refractivity contribution in [1.82, 2.24) is 4.90 Å². The normalized spacial score (nSPS) is 11.2. The van der Waals surface area contributed by atoms with Gasteiger partial charge in [-0.1, -0.05) is 36.4 Å². The Morgan fingerprint density at radius 2 is 1.90 bits per heavy atom. The molecule has 0 aliphatic rings. The Bertz CT molecular complexity index is 519. The summed E-state index contributed by atoms with van der Waals surface area (Å²) in [5.41, 5.74) is 1.09. The molecule has 0 N–H and O–H groups in total. The lowest BCUT2D eigenvalue weighted by atomic mass is 10.1. The molecule has 0 atom stereocenters. The molecule has 2 rings (SSSR count). The van der Waals surface area contributed by atoms with Crippen molar-refractivity contribution < 1.29 is 4.79 Å². The molecule has 0 spiro atoms. The molecule has 1 aromatic carbocycles. The zero-order valence-electron chi connectivity index (χ0n) is 12.1. The number of benzene rings is 1. The van der Waals surface area contributed by atoms with E-state index in [1.165, 1.54) is 4.88 Å². The van der Waals surface area contributed by atoms with E-state index in [-0.39, 0.29) is 5.78 Å². The SMILES string of the molecule is CC(C)N(CC(=O)Cc1ccccc1)Cc1cccs1. The molecular formula is C17H21NOS. The molecule has 1 aromatic heterocycles. The Morgan fingerprint density at radius 3 is 2.50 bits per heavy atom. The second-order valence-electron chi connectivity index (χ2n) is 5.28. The van der Waals surface area contributed by atoms with Gasteiger partial charge in [0.15, 0.2) is 5.78 Å². The van der Waals surface area contributed by atoms with Crippen molar-refractivity contribution in [3.63, 3.8) is 0 Å². The molecule has 0 radical (unpaired) electrons. The second kappa shape index (κ2) is 7.36. The Kier molecular flexibility index (Phi) is 5.50. The number of ketones is 1. The van der Waals surface area contributed by atoms with Crippen LogP contribution in [0.5, 0.6) is 0 Å². The Labute approximate surface area is 125 Å². The van der Waals surface area contributed by atoms with Crippen molar-refractivity contribution in [2.45, 2.75) is 32.9 Å². The average Bonchev–Trinajstić information content (AvgIpc) is 2.92. The van der Waals surface area contributed by atoms with Gasteiger partial charge in [0.2, 0.25) is 0 Å². The van der Waals surface area contributed by atoms with Crippen molar-refractivity contribution in [2.24, 2.45) is 0 Å². The van der Waals surface area contributed by atoms with E-state index in [0.717, 1.165) is 12.1 Å². The lowest BCUT2D eigenvalue weighted by molar-refractivity contribution is -0.120. The van der Waals surface area contributed by atoms with E-state index in [1.54, 1.807) is 11.3 Å². The molecule has 0 aliphatic heterocycles. The summed E-state index contributed by atoms with van der Waals surface area (Å²) in [5.74, 6) is 0.279. The number of rotatable bonds is 7. The summed E-state index contributed by atoms with van der Waals surface area (Å²) in [5, 5.41) is 2.08. The van der Waals surface area contributed by atoms with Crippen molar-refractivity contribution >= 4 is 17.1 Å². The Balaban J connectivity index is 1.92. The van der Waals surface area contributed by atoms with Gasteiger partial charge in [0.1, 0.15) is 0 Å². The predicted octanol–water partition coefficient (Wildman–Crippen LogP) is 3.77. The summed E-state index contributed by atoms with van der Waals surface area (Å²) in [7, 11) is 0. The van der Waals surface area contributed by atoms with Crippen LogP contribution in [0.2, 0.25) is 0 Å². The predicted molar refractivity (Wildman–Crippen MR) is 85.0 cm³/mol. The molecule has 2 nitrogen and oxygen atoms in total. The largest absolute Gasteiger partial charge is 0.298 e. The molecule has 20 heavy (non-hydrogen) atoms. The van der Waals surface area contributed by atoms with E-state index < -0.39 is 0 Å². The molecule has 0 amide bonds. The van der Waals surface area contributed by atoms with Crippen LogP contribution < -0.4 is 0 Å². The zero-order valence-corrected chi connectivity index (χ0v) is 12.9. The number of carbonyl (C=O) groups excluding carboxylic acids is 1. The number of thiophene rings is 1. The van der Waals surface area contributed by atoms with Gasteiger partial charge in [-0.3, -0.25) is 9.69 Å². The van der Waals surface area contributed by atoms with E-state index in [2.05, 4.69) is 36.3 Å². The fourth-order valence-electron chi connectivity index (χ4n) is 2.13. The van der Waals surface area contributed by atoms with E-state index >= 15 is 0 Å². The summed E-state index contributed by atoms with van der Waals surface area (Å²) >= 11 is 1.75. The zero-order chi connectivity index (χ0) is 14.4. The Morgan fingerprint density at radius 1 is 1.15 bits per heavy atom. The summed E-state index contributed by atoms with van der Waals surface area (Å²) in [6, 6.07) is 14.5. The highest BCUT2D eigenvalue weighted by molar-refractivity contribution is 7.09. The van der Waals surface area contributed by atoms with Crippen molar-refractivity contribution in [3.8, 4) is 0 Å². The van der Waals surface area contributed by atoms with Gasteiger partial charge in [-0.25, -0.2) is 0 Å². The lowest BCUT2D eigenvalue weighted by Gasteiger charge is -2.25. The minimum Gasteiger partial charge on any atom is -0.298 e. The van der Waals surface area contributed by atoms with Crippen molar-refractivity contribution in [3.05, 3.63) is 58.3 Å². The second-order valence-corrected chi connectivity index (χ2v) is 6.31. The molecule has 1 heterocycles. The third-order valence-electron chi connectivity index (χ3n) is 3.29. The third kappa shape index (κ3) is 4.58. The fraction of sp³-hybridized carbons (Fsp3) is 0.353. The van der Waals surface area contributed by atoms with Gasteiger partial charge < -0.3 is 0 Å². The molecule has 0 saturated heterocycles. The molecule has 2 aromatic rings. The minimum absolute atomic E-state index is 0.279. The number of Topliss-reactive ketones (excluding diaryl/α,β-unsaturated/α-hetero) is 1. The first-order chi connectivity index (χ1) is 9.65. The summed E-state index contributed by atoms with van der Waals surface area (Å²) < 4.78 is 0. The standard InChI is InChI=1S/C17H21NOS/c1-14(2)18(13-17-9-6-10-20-17)12-16(19)11-15-7-4-3-5-8-15/h3-10,14H,11-13H2,1-2H3. The van der Waals surface area contributed by atoms with Gasteiger partial charge in [0.25, 0.3) is 0 Å². The van der Waals surface area contributed by atoms with Crippen LogP contribution in [-0.4, -0.2) is 23.3 Å². The van der Waals surface area contributed by atoms with Crippen LogP contribution in [0, 0.1) is 0 Å². The van der Waals surface area contributed by atoms with Gasteiger partial charge >= 0.3 is 0 Å². The van der Waals surface area contributed by atoms with Crippen LogP contribution in [-0.2, 0) is 17.8 Å². The first-order valence-corrected chi connectivity index (χ1v) is 7.85. The van der Waals surface area contributed by atoms with Crippen LogP contribution in [0.4, 0.5) is 0 Å². The first-order valence-electron chi connectivity index (χ1n) is 6.97. The fourth-order valence-corrected chi connectivity index (χ4v) is 2.86. The third-order valence-corrected chi connectivity index (χ3v) is 4.15. The smallest absolute Gasteiger partial charge is 0.151 e. The van der Waals surface area contributed by atoms with Gasteiger partial charge in [-0.05, 0) is 30.9 Å². The summed E-state index contributed by atoms with van der Waals surface area (Å²) in [6.07, 6.45) is 0.522. The van der Waals surface area contributed by atoms with Crippen LogP contribution in [0.15, 0.2) is 47.8 Å². The highest BCUT2D eigenvalue weighted by atomic mass is 32.1. The number of nitrogens with zero attached hydrogens (tertiary/aromatic N) is 1. The van der Waals surface area contributed by atoms with E-state index in [9.17, 15) is 4.79 Å². The maximum atomic E-state index is 12.2. The van der Waals surface area contributed by atoms with Crippen molar-refractivity contribution in [2.75, 3.05) is 6.54 Å². The molecule has 0 fully saturated rings. The number of hydrogen-bond donors (Lipinski definition) is 0. The topological polar surface area (TPSA) is 20.3 Å². The molecule has 3 heteroatoms. The quantitative estimate of drug-likeness (QED) is 0.772. The number of carbonyl (C=O) groups is 1. The summed E-state index contributed by atoms with van der Waals surface area (Å²) in [6.45, 7) is 5.66. The maximum Gasteiger partial charge on any atom is 0.151 e. The molecule has 0 bridgehead atoms. The molecule has 0 unspecified atom stereocenters. The molecular weight excluding hydrogens is 266 g/mol. The average molecular weight is 287 g/mol. The lowest BCUT2D eigenvalue weighted by Crippen LogP contribution is -2.35. The van der Waals surface area contributed by atoms with Gasteiger partial charge in [-0.2, -0.15) is 0 Å². The molecule has 0 aliphatic carbocycles. The highest BCUT2D eigenvalue weighted by Crippen LogP contribution is 2.14. The molecule has 0 saturated carbocycles.